The number of rotatable bonds is 2. The maximum Gasteiger partial charge on any atom is 0.342 e. The van der Waals surface area contributed by atoms with Gasteiger partial charge in [0, 0.05) is 4.70 Å². The van der Waals surface area contributed by atoms with E-state index in [0.717, 1.165) is 9.40 Å². The Morgan fingerprint density at radius 3 is 2.87 bits per heavy atom. The number of hydrogen-bond donors (Lipinski definition) is 0. The Kier molecular flexibility index (Phi) is 3.21. The van der Waals surface area contributed by atoms with E-state index in [-0.39, 0.29) is 5.97 Å². The molecule has 0 aromatic carbocycles. The quantitative estimate of drug-likeness (QED) is 0.760. The van der Waals surface area contributed by atoms with Crippen molar-refractivity contribution in [2.24, 2.45) is 0 Å². The highest BCUT2D eigenvalue weighted by molar-refractivity contribution is 7.31. The first kappa shape index (κ1) is 11.2. The van der Waals surface area contributed by atoms with Gasteiger partial charge in [-0.25, -0.2) is 4.79 Å². The van der Waals surface area contributed by atoms with E-state index in [9.17, 15) is 4.79 Å². The average Bonchev–Trinajstić information content (AvgIpc) is 2.59. The Morgan fingerprint density at radius 2 is 2.20 bits per heavy atom. The summed E-state index contributed by atoms with van der Waals surface area (Å²) in [6, 6.07) is 1.81. The Balaban J connectivity index is 2.56. The number of ether oxygens (including phenoxy) is 1. The number of carbonyl (C=O) groups excluding carboxylic acids is 1. The highest BCUT2D eigenvalue weighted by Crippen LogP contribution is 2.42. The summed E-state index contributed by atoms with van der Waals surface area (Å²) < 4.78 is 7.79. The standard InChI is InChI=1S/C9H6Cl2O2S2/c1-2-13-9(12)6-7-4(14-8(6)11)3-5(10)15-7/h3H,2H2,1H3. The third-order valence-electron chi connectivity index (χ3n) is 1.77. The highest BCUT2D eigenvalue weighted by atomic mass is 35.5. The second kappa shape index (κ2) is 4.29. The molecule has 0 saturated heterocycles. The van der Waals surface area contributed by atoms with Crippen molar-refractivity contribution in [3.8, 4) is 0 Å². The fourth-order valence-electron chi connectivity index (χ4n) is 1.21. The van der Waals surface area contributed by atoms with Crippen molar-refractivity contribution in [2.45, 2.75) is 6.92 Å². The summed E-state index contributed by atoms with van der Waals surface area (Å²) in [5.41, 5.74) is 0.440. The van der Waals surface area contributed by atoms with Gasteiger partial charge in [0.1, 0.15) is 9.90 Å². The highest BCUT2D eigenvalue weighted by Gasteiger charge is 2.20. The average molecular weight is 281 g/mol. The lowest BCUT2D eigenvalue weighted by molar-refractivity contribution is 0.0529. The third kappa shape index (κ3) is 1.99. The Bertz CT molecular complexity index is 515. The smallest absolute Gasteiger partial charge is 0.342 e. The molecule has 2 rings (SSSR count). The molecule has 0 aliphatic carbocycles. The van der Waals surface area contributed by atoms with E-state index in [2.05, 4.69) is 0 Å². The zero-order valence-corrected chi connectivity index (χ0v) is 10.8. The first-order chi connectivity index (χ1) is 7.13. The third-order valence-corrected chi connectivity index (χ3v) is 4.53. The van der Waals surface area contributed by atoms with Gasteiger partial charge >= 0.3 is 5.97 Å². The number of thiophene rings is 2. The van der Waals surface area contributed by atoms with Crippen molar-refractivity contribution < 1.29 is 9.53 Å². The largest absolute Gasteiger partial charge is 0.462 e. The van der Waals surface area contributed by atoms with Crippen molar-refractivity contribution in [1.82, 2.24) is 0 Å². The molecule has 0 amide bonds. The van der Waals surface area contributed by atoms with Crippen LogP contribution in [0, 0.1) is 0 Å². The second-order valence-corrected chi connectivity index (χ2v) is 6.05. The molecule has 0 bridgehead atoms. The fourth-order valence-corrected chi connectivity index (χ4v) is 4.15. The monoisotopic (exact) mass is 280 g/mol. The van der Waals surface area contributed by atoms with Crippen molar-refractivity contribution >= 4 is 61.2 Å². The van der Waals surface area contributed by atoms with Crippen LogP contribution in [-0.2, 0) is 4.74 Å². The molecule has 15 heavy (non-hydrogen) atoms. The van der Waals surface area contributed by atoms with E-state index in [1.165, 1.54) is 22.7 Å². The molecule has 80 valence electrons. The van der Waals surface area contributed by atoms with Crippen molar-refractivity contribution in [2.75, 3.05) is 6.61 Å². The van der Waals surface area contributed by atoms with Crippen LogP contribution < -0.4 is 0 Å². The maximum atomic E-state index is 11.6. The molecular weight excluding hydrogens is 275 g/mol. The lowest BCUT2D eigenvalue weighted by Gasteiger charge is -1.99. The van der Waals surface area contributed by atoms with Crippen LogP contribution in [0.15, 0.2) is 6.07 Å². The summed E-state index contributed by atoms with van der Waals surface area (Å²) in [5.74, 6) is -0.382. The van der Waals surface area contributed by atoms with Crippen LogP contribution in [0.1, 0.15) is 17.3 Å². The van der Waals surface area contributed by atoms with Crippen LogP contribution in [0.3, 0.4) is 0 Å². The summed E-state index contributed by atoms with van der Waals surface area (Å²) in [5, 5.41) is 0. The van der Waals surface area contributed by atoms with Gasteiger partial charge in [-0.05, 0) is 13.0 Å². The Morgan fingerprint density at radius 1 is 1.47 bits per heavy atom. The zero-order valence-electron chi connectivity index (χ0n) is 7.67. The van der Waals surface area contributed by atoms with Crippen LogP contribution >= 0.6 is 45.9 Å². The van der Waals surface area contributed by atoms with Crippen molar-refractivity contribution in [3.63, 3.8) is 0 Å². The van der Waals surface area contributed by atoms with Gasteiger partial charge in [0.15, 0.2) is 0 Å². The predicted molar refractivity (Wildman–Crippen MR) is 65.7 cm³/mol. The van der Waals surface area contributed by atoms with Gasteiger partial charge in [0.25, 0.3) is 0 Å². The van der Waals surface area contributed by atoms with Crippen molar-refractivity contribution in [1.29, 1.82) is 0 Å². The molecule has 2 aromatic rings. The van der Waals surface area contributed by atoms with Crippen LogP contribution in [0.25, 0.3) is 9.40 Å². The molecule has 2 nitrogen and oxygen atoms in total. The molecule has 0 saturated carbocycles. The van der Waals surface area contributed by atoms with Crippen molar-refractivity contribution in [3.05, 3.63) is 20.3 Å². The molecule has 0 radical (unpaired) electrons. The van der Waals surface area contributed by atoms with E-state index in [4.69, 9.17) is 27.9 Å². The topological polar surface area (TPSA) is 26.3 Å². The molecular formula is C9H6Cl2O2S2. The summed E-state index contributed by atoms with van der Waals surface area (Å²) in [7, 11) is 0. The first-order valence-electron chi connectivity index (χ1n) is 4.18. The lowest BCUT2D eigenvalue weighted by Crippen LogP contribution is -2.03. The van der Waals surface area contributed by atoms with E-state index < -0.39 is 0 Å². The number of esters is 1. The molecule has 0 fully saturated rings. The summed E-state index contributed by atoms with van der Waals surface area (Å²) in [6.07, 6.45) is 0. The van der Waals surface area contributed by atoms with Gasteiger partial charge in [-0.15, -0.1) is 22.7 Å². The molecule has 2 aromatic heterocycles. The van der Waals surface area contributed by atoms with E-state index >= 15 is 0 Å². The minimum absolute atomic E-state index is 0.339. The Hall–Kier alpha value is -0.290. The lowest BCUT2D eigenvalue weighted by atomic mass is 10.3. The predicted octanol–water partition coefficient (Wildman–Crippen LogP) is 4.45. The van der Waals surface area contributed by atoms with Gasteiger partial charge in [-0.1, -0.05) is 23.2 Å². The van der Waals surface area contributed by atoms with E-state index in [1.54, 1.807) is 13.0 Å². The van der Waals surface area contributed by atoms with E-state index in [1.807, 2.05) is 0 Å². The minimum atomic E-state index is -0.382. The number of halogens is 2. The molecule has 0 aliphatic rings. The summed E-state index contributed by atoms with van der Waals surface area (Å²) in [4.78, 5) is 11.6. The zero-order chi connectivity index (χ0) is 11.0. The minimum Gasteiger partial charge on any atom is -0.462 e. The molecule has 0 atom stereocenters. The van der Waals surface area contributed by atoms with Crippen LogP contribution in [-0.4, -0.2) is 12.6 Å². The molecule has 2 heterocycles. The second-order valence-electron chi connectivity index (χ2n) is 2.72. The molecule has 0 N–H and O–H groups in total. The van der Waals surface area contributed by atoms with Gasteiger partial charge < -0.3 is 4.74 Å². The van der Waals surface area contributed by atoms with Crippen LogP contribution in [0.2, 0.25) is 8.67 Å². The number of hydrogen-bond acceptors (Lipinski definition) is 4. The maximum absolute atomic E-state index is 11.6. The van der Waals surface area contributed by atoms with Gasteiger partial charge in [0.2, 0.25) is 0 Å². The molecule has 6 heteroatoms. The molecule has 0 unspecified atom stereocenters. The summed E-state index contributed by atoms with van der Waals surface area (Å²) in [6.45, 7) is 2.10. The SMILES string of the molecule is CCOC(=O)c1c(Cl)sc2cc(Cl)sc12. The van der Waals surface area contributed by atoms with Crippen LogP contribution in [0.4, 0.5) is 0 Å². The normalized spacial score (nSPS) is 10.9. The fraction of sp³-hybridized carbons (Fsp3) is 0.222. The van der Waals surface area contributed by atoms with Gasteiger partial charge in [-0.3, -0.25) is 0 Å². The van der Waals surface area contributed by atoms with Crippen LogP contribution in [0.5, 0.6) is 0 Å². The van der Waals surface area contributed by atoms with E-state index in [0.29, 0.717) is 20.8 Å². The van der Waals surface area contributed by atoms with Gasteiger partial charge in [-0.2, -0.15) is 0 Å². The Labute approximate surface area is 104 Å². The summed E-state index contributed by atoms with van der Waals surface area (Å²) >= 11 is 14.5. The number of fused-ring (bicyclic) bond motifs is 1. The first-order valence-corrected chi connectivity index (χ1v) is 6.56. The molecule has 0 aliphatic heterocycles. The molecule has 0 spiro atoms. The number of carbonyl (C=O) groups is 1. The van der Waals surface area contributed by atoms with Gasteiger partial charge in [0.05, 0.1) is 15.6 Å².